The summed E-state index contributed by atoms with van der Waals surface area (Å²) in [4.78, 5) is 12.2. The summed E-state index contributed by atoms with van der Waals surface area (Å²) in [6.07, 6.45) is 0. The van der Waals surface area contributed by atoms with Crippen molar-refractivity contribution < 1.29 is 9.47 Å². The van der Waals surface area contributed by atoms with Gasteiger partial charge in [-0.3, -0.25) is 0 Å². The highest BCUT2D eigenvalue weighted by molar-refractivity contribution is 6.67. The number of rotatable bonds is 4. The topological polar surface area (TPSA) is 57.1 Å². The van der Waals surface area contributed by atoms with Gasteiger partial charge in [-0.05, 0) is 0 Å². The minimum atomic E-state index is -2.05. The molecule has 0 aliphatic rings. The van der Waals surface area contributed by atoms with Gasteiger partial charge in [0.15, 0.2) is 17.4 Å². The molecule has 0 spiro atoms. The summed E-state index contributed by atoms with van der Waals surface area (Å²) < 4.78 is 5.09. The number of ether oxygens (including phenoxy) is 2. The molecule has 2 rings (SSSR count). The van der Waals surface area contributed by atoms with Crippen LogP contribution in [0.3, 0.4) is 0 Å². The second-order valence-corrected chi connectivity index (χ2v) is 12.3. The van der Waals surface area contributed by atoms with E-state index in [0.717, 1.165) is 0 Å². The molecule has 0 bridgehead atoms. The van der Waals surface area contributed by atoms with E-state index in [-0.39, 0.29) is 29.0 Å². The van der Waals surface area contributed by atoms with Crippen molar-refractivity contribution in [2.75, 3.05) is 14.2 Å². The molecule has 0 aliphatic heterocycles. The number of hydrogen-bond acceptors (Lipinski definition) is 5. The number of benzene rings is 1. The second-order valence-electron chi connectivity index (χ2n) is 5.41. The van der Waals surface area contributed by atoms with Gasteiger partial charge >= 0.3 is 0 Å². The molecule has 0 unspecified atom stereocenters. The Morgan fingerprint density at radius 1 is 0.667 bits per heavy atom. The van der Waals surface area contributed by atoms with Crippen molar-refractivity contribution in [1.29, 1.82) is 0 Å². The van der Waals surface area contributed by atoms with E-state index < -0.39 is 11.4 Å². The van der Waals surface area contributed by atoms with Crippen LogP contribution in [0.4, 0.5) is 0 Å². The summed E-state index contributed by atoms with van der Waals surface area (Å²) >= 11 is 53.8. The Morgan fingerprint density at radius 2 is 1.13 bits per heavy atom. The van der Waals surface area contributed by atoms with Gasteiger partial charge in [-0.1, -0.05) is 129 Å². The average Bonchev–Trinajstić information content (AvgIpc) is 2.63. The number of nitrogens with zero attached hydrogens (tertiary/aromatic N) is 3. The van der Waals surface area contributed by atoms with Gasteiger partial charge in [-0.15, -0.1) is 0 Å². The first-order valence-corrected chi connectivity index (χ1v) is 11.0. The van der Waals surface area contributed by atoms with Crippen LogP contribution in [0.5, 0.6) is 0 Å². The lowest BCUT2D eigenvalue weighted by atomic mass is 10.1. The molecule has 5 nitrogen and oxygen atoms in total. The van der Waals surface area contributed by atoms with Crippen LogP contribution in [0.15, 0.2) is 24.3 Å². The first-order valence-electron chi connectivity index (χ1n) is 7.59. The predicted molar refractivity (Wildman–Crippen MR) is 125 cm³/mol. The van der Waals surface area contributed by atoms with Crippen LogP contribution in [-0.2, 0) is 20.9 Å². The van der Waals surface area contributed by atoms with E-state index in [1.165, 1.54) is 14.2 Å². The Labute approximate surface area is 217 Å². The Hall–Kier alpha value is 0.180. The lowest BCUT2D eigenvalue weighted by molar-refractivity contribution is 0.325. The van der Waals surface area contributed by atoms with Crippen LogP contribution in [0.25, 0.3) is 11.5 Å². The summed E-state index contributed by atoms with van der Waals surface area (Å²) in [6.45, 7) is 0. The largest absolute Gasteiger partial charge is 0.492 e. The van der Waals surface area contributed by atoms with Crippen molar-refractivity contribution in [2.24, 2.45) is 0 Å². The number of methoxy groups -OCH3 is 2. The van der Waals surface area contributed by atoms with Gasteiger partial charge in [-0.25, -0.2) is 15.0 Å². The molecule has 0 N–H and O–H groups in total. The van der Waals surface area contributed by atoms with Crippen LogP contribution in [-0.4, -0.2) is 29.2 Å². The van der Waals surface area contributed by atoms with Crippen molar-refractivity contribution in [3.63, 3.8) is 0 Å². The zero-order chi connectivity index (χ0) is 22.9. The first-order chi connectivity index (χ1) is 13.7. The molecule has 0 atom stereocenters. The second kappa shape index (κ2) is 9.98. The molecule has 0 saturated heterocycles. The summed E-state index contributed by atoms with van der Waals surface area (Å²) in [6, 6.07) is 6.63. The first kappa shape index (κ1) is 26.4. The maximum absolute atomic E-state index is 6.09. The van der Waals surface area contributed by atoms with E-state index in [2.05, 4.69) is 15.0 Å². The quantitative estimate of drug-likeness (QED) is 0.271. The highest BCUT2D eigenvalue weighted by atomic mass is 35.6. The van der Waals surface area contributed by atoms with E-state index in [4.69, 9.17) is 114 Å². The van der Waals surface area contributed by atoms with Crippen LogP contribution < -0.4 is 0 Å². The van der Waals surface area contributed by atoms with Crippen molar-refractivity contribution in [2.45, 2.75) is 11.4 Å². The number of alkyl halides is 9. The Morgan fingerprint density at radius 3 is 1.53 bits per heavy atom. The molecule has 14 heteroatoms. The van der Waals surface area contributed by atoms with Gasteiger partial charge in [0.25, 0.3) is 0 Å². The molecule has 2 aromatic rings. The van der Waals surface area contributed by atoms with Crippen molar-refractivity contribution in [1.82, 2.24) is 15.0 Å². The third-order valence-corrected chi connectivity index (χ3v) is 5.06. The zero-order valence-corrected chi connectivity index (χ0v) is 21.7. The monoisotopic (exact) mass is 591 g/mol. The fraction of sp³-hybridized carbons (Fsp3) is 0.312. The molecule has 30 heavy (non-hydrogen) atoms. The molecule has 1 aromatic heterocycles. The van der Waals surface area contributed by atoms with E-state index >= 15 is 0 Å². The summed E-state index contributed by atoms with van der Waals surface area (Å²) in [5.74, 6) is -0.674. The Bertz CT molecular complexity index is 918. The molecule has 0 fully saturated rings. The third-order valence-electron chi connectivity index (χ3n) is 3.44. The van der Waals surface area contributed by atoms with Crippen LogP contribution in [0.2, 0.25) is 0 Å². The third kappa shape index (κ3) is 6.37. The SMILES string of the molecule is COC(=C(OC)c1ccccc1C(Cl)(Cl)Cl)c1nc(C(Cl)(Cl)Cl)nc(C(Cl)(Cl)Cl)n1. The van der Waals surface area contributed by atoms with Crippen LogP contribution in [0.1, 0.15) is 28.6 Å². The van der Waals surface area contributed by atoms with Gasteiger partial charge < -0.3 is 9.47 Å². The molecule has 164 valence electrons. The van der Waals surface area contributed by atoms with Crippen molar-refractivity contribution in [3.05, 3.63) is 52.9 Å². The van der Waals surface area contributed by atoms with Crippen molar-refractivity contribution in [3.8, 4) is 0 Å². The molecule has 1 heterocycles. The summed E-state index contributed by atoms with van der Waals surface area (Å²) in [5.41, 5.74) is 0.682. The molecule has 0 radical (unpaired) electrons. The van der Waals surface area contributed by atoms with Gasteiger partial charge in [0.05, 0.1) is 14.2 Å². The van der Waals surface area contributed by atoms with Crippen LogP contribution >= 0.6 is 104 Å². The van der Waals surface area contributed by atoms with Gasteiger partial charge in [-0.2, -0.15) is 0 Å². The maximum Gasteiger partial charge on any atom is 0.250 e. The highest BCUT2D eigenvalue weighted by Gasteiger charge is 2.36. The van der Waals surface area contributed by atoms with E-state index in [9.17, 15) is 0 Å². The highest BCUT2D eigenvalue weighted by Crippen LogP contribution is 2.44. The minimum absolute atomic E-state index is 0.0207. The summed E-state index contributed by atoms with van der Waals surface area (Å²) in [5, 5.41) is 0. The molecule has 0 amide bonds. The average molecular weight is 595 g/mol. The fourth-order valence-electron chi connectivity index (χ4n) is 2.27. The number of hydrogen-bond donors (Lipinski definition) is 0. The van der Waals surface area contributed by atoms with Crippen molar-refractivity contribution >= 4 is 116 Å². The smallest absolute Gasteiger partial charge is 0.250 e. The lowest BCUT2D eigenvalue weighted by Gasteiger charge is -2.20. The van der Waals surface area contributed by atoms with Gasteiger partial charge in [0, 0.05) is 11.1 Å². The summed E-state index contributed by atoms with van der Waals surface area (Å²) in [7, 11) is 2.70. The van der Waals surface area contributed by atoms with E-state index in [0.29, 0.717) is 11.1 Å². The predicted octanol–water partition coefficient (Wildman–Crippen LogP) is 7.47. The van der Waals surface area contributed by atoms with E-state index in [1.807, 2.05) is 0 Å². The standard InChI is InChI=1S/C16H10Cl9N3O2/c1-29-9(7-5-3-4-6-8(7)14(17,18)19)10(30-2)11-26-12(15(20,21)22)28-13(27-11)16(23,24)25/h3-6H,1-2H3. The minimum Gasteiger partial charge on any atom is -0.492 e. The Kier molecular flexibility index (Phi) is 8.80. The van der Waals surface area contributed by atoms with Gasteiger partial charge in [0.1, 0.15) is 0 Å². The molecule has 0 saturated carbocycles. The molecular weight excluding hydrogens is 585 g/mol. The zero-order valence-electron chi connectivity index (χ0n) is 14.9. The molecular formula is C16H10Cl9N3O2. The molecule has 0 aliphatic carbocycles. The Balaban J connectivity index is 2.87. The van der Waals surface area contributed by atoms with Gasteiger partial charge in [0.2, 0.25) is 23.0 Å². The van der Waals surface area contributed by atoms with E-state index in [1.54, 1.807) is 24.3 Å². The number of halogens is 9. The van der Waals surface area contributed by atoms with Crippen LogP contribution in [0, 0.1) is 0 Å². The fourth-order valence-corrected chi connectivity index (χ4v) is 3.27. The normalized spacial score (nSPS) is 13.7. The molecule has 1 aromatic carbocycles. The maximum atomic E-state index is 6.09. The lowest BCUT2D eigenvalue weighted by Crippen LogP contribution is -2.19. The number of aromatic nitrogens is 3.